The number of hydrogen-bond acceptors (Lipinski definition) is 3. The molecule has 2 aliphatic heterocycles. The van der Waals surface area contributed by atoms with Gasteiger partial charge in [0.25, 0.3) is 12.3 Å². The van der Waals surface area contributed by atoms with Crippen molar-refractivity contribution in [2.24, 2.45) is 4.99 Å². The van der Waals surface area contributed by atoms with Gasteiger partial charge in [-0.3, -0.25) is 9.79 Å². The molecule has 1 amide bonds. The minimum atomic E-state index is -2.93. The molecule has 0 aliphatic carbocycles. The summed E-state index contributed by atoms with van der Waals surface area (Å²) in [5, 5.41) is 2.71. The second-order valence-corrected chi connectivity index (χ2v) is 8.23. The van der Waals surface area contributed by atoms with E-state index in [2.05, 4.69) is 26.2 Å². The topological polar surface area (TPSA) is 44.7 Å². The fraction of sp³-hybridized carbons (Fsp3) is 0.217. The van der Waals surface area contributed by atoms with E-state index < -0.39 is 29.8 Å². The number of hydrogen-bond donors (Lipinski definition) is 1. The number of benzene rings is 2. The standard InChI is InChI=1S/C23H19BrF3N3O/c1-13(16-8-5-9-17(20(16)25)21(26)27)29-23(31)18-10-15(24)12-30-19(11-28-22(18)30)14-6-3-2-4-7-14/h2-10,12-13,19,21H,11H2,1H3,(H,29,31)/t13-,19+/m1/s1. The van der Waals surface area contributed by atoms with Crippen molar-refractivity contribution >= 4 is 27.7 Å². The molecule has 2 atom stereocenters. The Kier molecular flexibility index (Phi) is 6.00. The van der Waals surface area contributed by atoms with Gasteiger partial charge in [0.15, 0.2) is 0 Å². The summed E-state index contributed by atoms with van der Waals surface area (Å²) in [6.45, 7) is 2.04. The summed E-state index contributed by atoms with van der Waals surface area (Å²) < 4.78 is 41.2. The fourth-order valence-electron chi connectivity index (χ4n) is 3.77. The van der Waals surface area contributed by atoms with Crippen molar-refractivity contribution in [3.05, 3.63) is 93.4 Å². The smallest absolute Gasteiger partial charge is 0.266 e. The molecular formula is C23H19BrF3N3O. The third-order valence-corrected chi connectivity index (χ3v) is 5.75. The van der Waals surface area contributed by atoms with Gasteiger partial charge in [0.05, 0.1) is 29.8 Å². The zero-order chi connectivity index (χ0) is 22.1. The molecule has 4 rings (SSSR count). The second kappa shape index (κ2) is 8.70. The van der Waals surface area contributed by atoms with E-state index in [9.17, 15) is 18.0 Å². The van der Waals surface area contributed by atoms with Crippen molar-refractivity contribution < 1.29 is 18.0 Å². The molecule has 2 aliphatic rings. The van der Waals surface area contributed by atoms with Gasteiger partial charge in [-0.1, -0.05) is 48.5 Å². The molecule has 160 valence electrons. The van der Waals surface area contributed by atoms with Crippen molar-refractivity contribution in [3.63, 3.8) is 0 Å². The van der Waals surface area contributed by atoms with Crippen molar-refractivity contribution in [2.45, 2.75) is 25.4 Å². The van der Waals surface area contributed by atoms with E-state index in [1.165, 1.54) is 12.1 Å². The molecule has 0 aromatic heterocycles. The monoisotopic (exact) mass is 489 g/mol. The summed E-state index contributed by atoms with van der Waals surface area (Å²) in [6.07, 6.45) is 0.591. The lowest BCUT2D eigenvalue weighted by Gasteiger charge is -2.29. The van der Waals surface area contributed by atoms with E-state index in [0.29, 0.717) is 22.4 Å². The first kappa shape index (κ1) is 21.4. The van der Waals surface area contributed by atoms with Crippen LogP contribution in [0.15, 0.2) is 75.9 Å². The highest BCUT2D eigenvalue weighted by Gasteiger charge is 2.35. The minimum Gasteiger partial charge on any atom is -0.345 e. The zero-order valence-electron chi connectivity index (χ0n) is 16.5. The summed E-state index contributed by atoms with van der Waals surface area (Å²) >= 11 is 3.45. The Morgan fingerprint density at radius 2 is 1.87 bits per heavy atom. The Hall–Kier alpha value is -2.87. The molecule has 2 heterocycles. The van der Waals surface area contributed by atoms with Crippen molar-refractivity contribution in [3.8, 4) is 0 Å². The molecule has 31 heavy (non-hydrogen) atoms. The number of allylic oxidation sites excluding steroid dienone is 2. The van der Waals surface area contributed by atoms with Crippen LogP contribution in [-0.4, -0.2) is 23.2 Å². The van der Waals surface area contributed by atoms with Crippen LogP contribution in [0.1, 0.15) is 42.1 Å². The number of aliphatic imine (C=N–C) groups is 1. The van der Waals surface area contributed by atoms with Gasteiger partial charge in [0.2, 0.25) is 0 Å². The van der Waals surface area contributed by atoms with E-state index in [4.69, 9.17) is 0 Å². The van der Waals surface area contributed by atoms with Crippen LogP contribution in [0.2, 0.25) is 0 Å². The van der Waals surface area contributed by atoms with Crippen LogP contribution in [-0.2, 0) is 4.79 Å². The minimum absolute atomic E-state index is 0.00421. The Morgan fingerprint density at radius 1 is 1.16 bits per heavy atom. The molecule has 0 radical (unpaired) electrons. The Labute approximate surface area is 186 Å². The lowest BCUT2D eigenvalue weighted by atomic mass is 10.0. The van der Waals surface area contributed by atoms with Crippen molar-refractivity contribution in [1.29, 1.82) is 0 Å². The van der Waals surface area contributed by atoms with E-state index in [1.807, 2.05) is 41.4 Å². The van der Waals surface area contributed by atoms with Crippen molar-refractivity contribution in [2.75, 3.05) is 6.54 Å². The molecule has 0 fully saturated rings. The number of carbonyl (C=O) groups is 1. The summed E-state index contributed by atoms with van der Waals surface area (Å²) in [7, 11) is 0. The molecule has 0 bridgehead atoms. The summed E-state index contributed by atoms with van der Waals surface area (Å²) in [4.78, 5) is 19.5. The summed E-state index contributed by atoms with van der Waals surface area (Å²) in [5.74, 6) is -0.951. The molecule has 8 heteroatoms. The SMILES string of the molecule is C[C@@H](NC(=O)C1=CC(Br)=CN2C1=NC[C@H]2c1ccccc1)c1cccc(C(F)F)c1F. The second-order valence-electron chi connectivity index (χ2n) is 7.32. The van der Waals surface area contributed by atoms with E-state index in [-0.39, 0.29) is 11.6 Å². The molecule has 0 spiro atoms. The number of alkyl halides is 2. The molecule has 4 nitrogen and oxygen atoms in total. The molecule has 0 saturated heterocycles. The van der Waals surface area contributed by atoms with Crippen LogP contribution in [0.25, 0.3) is 0 Å². The van der Waals surface area contributed by atoms with E-state index in [0.717, 1.165) is 11.6 Å². The Bertz CT molecular complexity index is 1100. The van der Waals surface area contributed by atoms with Gasteiger partial charge in [0.1, 0.15) is 11.7 Å². The van der Waals surface area contributed by atoms with Gasteiger partial charge in [0, 0.05) is 16.2 Å². The normalized spacial score (nSPS) is 18.8. The average molecular weight is 490 g/mol. The number of rotatable bonds is 5. The van der Waals surface area contributed by atoms with Gasteiger partial charge in [-0.05, 0) is 34.5 Å². The highest BCUT2D eigenvalue weighted by molar-refractivity contribution is 9.11. The number of amidine groups is 1. The van der Waals surface area contributed by atoms with E-state index >= 15 is 0 Å². The molecule has 0 saturated carbocycles. The molecule has 2 aromatic rings. The number of nitrogens with one attached hydrogen (secondary N) is 1. The number of fused-ring (bicyclic) bond motifs is 1. The van der Waals surface area contributed by atoms with Crippen LogP contribution in [0.3, 0.4) is 0 Å². The predicted molar refractivity (Wildman–Crippen MR) is 116 cm³/mol. The lowest BCUT2D eigenvalue weighted by Crippen LogP contribution is -2.37. The van der Waals surface area contributed by atoms with Crippen LogP contribution in [0.5, 0.6) is 0 Å². The number of nitrogens with zero attached hydrogens (tertiary/aromatic N) is 2. The fourth-order valence-corrected chi connectivity index (χ4v) is 4.22. The summed E-state index contributed by atoms with van der Waals surface area (Å²) in [5.41, 5.74) is 0.714. The van der Waals surface area contributed by atoms with Crippen LogP contribution in [0, 0.1) is 5.82 Å². The van der Waals surface area contributed by atoms with Crippen molar-refractivity contribution in [1.82, 2.24) is 10.2 Å². The van der Waals surface area contributed by atoms with Gasteiger partial charge < -0.3 is 10.2 Å². The maximum Gasteiger partial charge on any atom is 0.266 e. The van der Waals surface area contributed by atoms with Crippen LogP contribution < -0.4 is 5.32 Å². The maximum absolute atomic E-state index is 14.5. The van der Waals surface area contributed by atoms with Gasteiger partial charge in [-0.15, -0.1) is 0 Å². The average Bonchev–Trinajstić information content (AvgIpc) is 3.17. The lowest BCUT2D eigenvalue weighted by molar-refractivity contribution is -0.117. The largest absolute Gasteiger partial charge is 0.345 e. The van der Waals surface area contributed by atoms with Gasteiger partial charge >= 0.3 is 0 Å². The molecule has 2 aromatic carbocycles. The van der Waals surface area contributed by atoms with Crippen LogP contribution in [0.4, 0.5) is 13.2 Å². The highest BCUT2D eigenvalue weighted by Crippen LogP contribution is 2.34. The first-order valence-corrected chi connectivity index (χ1v) is 10.5. The number of halogens is 4. The Morgan fingerprint density at radius 3 is 2.58 bits per heavy atom. The molecule has 0 unspecified atom stereocenters. The van der Waals surface area contributed by atoms with E-state index in [1.54, 1.807) is 13.0 Å². The highest BCUT2D eigenvalue weighted by atomic mass is 79.9. The third kappa shape index (κ3) is 4.17. The maximum atomic E-state index is 14.5. The van der Waals surface area contributed by atoms with Crippen LogP contribution >= 0.6 is 15.9 Å². The Balaban J connectivity index is 1.56. The predicted octanol–water partition coefficient (Wildman–Crippen LogP) is 5.57. The number of carbonyl (C=O) groups excluding carboxylic acids is 1. The zero-order valence-corrected chi connectivity index (χ0v) is 18.1. The molecular weight excluding hydrogens is 471 g/mol. The molecule has 1 N–H and O–H groups in total. The quantitative estimate of drug-likeness (QED) is 0.596. The third-order valence-electron chi connectivity index (χ3n) is 5.32. The number of amides is 1. The first-order chi connectivity index (χ1) is 14.9. The first-order valence-electron chi connectivity index (χ1n) is 9.71. The summed E-state index contributed by atoms with van der Waals surface area (Å²) in [6, 6.07) is 12.8. The van der Waals surface area contributed by atoms with Gasteiger partial charge in [-0.25, -0.2) is 13.2 Å². The van der Waals surface area contributed by atoms with Gasteiger partial charge in [-0.2, -0.15) is 0 Å².